The Bertz CT molecular complexity index is 1870. The number of nitrogens with zero attached hydrogens (tertiary/aromatic N) is 2. The van der Waals surface area contributed by atoms with Crippen LogP contribution >= 0.6 is 34.5 Å². The molecule has 222 valence electrons. The first-order valence-electron chi connectivity index (χ1n) is 13.4. The fourth-order valence-corrected chi connectivity index (χ4v) is 6.36. The van der Waals surface area contributed by atoms with Gasteiger partial charge in [-0.1, -0.05) is 77.0 Å². The van der Waals surface area contributed by atoms with Crippen molar-refractivity contribution in [2.75, 3.05) is 26.9 Å². The lowest BCUT2D eigenvalue weighted by Crippen LogP contribution is -2.39. The Morgan fingerprint density at radius 3 is 2.44 bits per heavy atom. The molecule has 0 saturated heterocycles. The van der Waals surface area contributed by atoms with E-state index in [0.29, 0.717) is 48.4 Å². The number of carbonyl (C=O) groups is 1. The van der Waals surface area contributed by atoms with E-state index in [9.17, 15) is 9.59 Å². The second-order valence-electron chi connectivity index (χ2n) is 9.37. The summed E-state index contributed by atoms with van der Waals surface area (Å²) >= 11 is 14.1. The van der Waals surface area contributed by atoms with Crippen molar-refractivity contribution < 1.29 is 23.7 Å². The lowest BCUT2D eigenvalue weighted by atomic mass is 9.96. The maximum absolute atomic E-state index is 14.0. The van der Waals surface area contributed by atoms with E-state index in [0.717, 1.165) is 5.56 Å². The normalized spacial score (nSPS) is 14.6. The van der Waals surface area contributed by atoms with Crippen LogP contribution in [0.25, 0.3) is 6.08 Å². The number of benzene rings is 3. The minimum Gasteiger partial charge on any atom is -0.493 e. The van der Waals surface area contributed by atoms with Gasteiger partial charge in [0.2, 0.25) is 0 Å². The van der Waals surface area contributed by atoms with Crippen LogP contribution in [0, 0.1) is 0 Å². The number of aromatic nitrogens is 1. The zero-order valence-corrected chi connectivity index (χ0v) is 26.0. The highest BCUT2D eigenvalue weighted by molar-refractivity contribution is 7.07. The fraction of sp³-hybridized carbons (Fsp3) is 0.219. The Balaban J connectivity index is 1.52. The summed E-state index contributed by atoms with van der Waals surface area (Å²) in [5, 5.41) is 0.663. The van der Waals surface area contributed by atoms with Gasteiger partial charge in [0, 0.05) is 10.6 Å². The van der Waals surface area contributed by atoms with Crippen molar-refractivity contribution in [2.24, 2.45) is 4.99 Å². The second-order valence-corrected chi connectivity index (χ2v) is 11.2. The van der Waals surface area contributed by atoms with Gasteiger partial charge in [-0.05, 0) is 49.8 Å². The predicted molar refractivity (Wildman–Crippen MR) is 167 cm³/mol. The Morgan fingerprint density at radius 2 is 1.72 bits per heavy atom. The third-order valence-electron chi connectivity index (χ3n) is 6.61. The van der Waals surface area contributed by atoms with Crippen molar-refractivity contribution in [1.29, 1.82) is 0 Å². The summed E-state index contributed by atoms with van der Waals surface area (Å²) in [5.41, 5.74) is 1.75. The molecule has 43 heavy (non-hydrogen) atoms. The summed E-state index contributed by atoms with van der Waals surface area (Å²) in [6.45, 7) is 4.06. The van der Waals surface area contributed by atoms with Crippen LogP contribution in [0.2, 0.25) is 10.0 Å². The number of halogens is 2. The molecule has 1 aliphatic rings. The monoisotopic (exact) mass is 638 g/mol. The van der Waals surface area contributed by atoms with Crippen molar-refractivity contribution in [3.8, 4) is 17.2 Å². The van der Waals surface area contributed by atoms with Gasteiger partial charge in [0.25, 0.3) is 5.56 Å². The number of allylic oxidation sites excluding steroid dienone is 1. The summed E-state index contributed by atoms with van der Waals surface area (Å²) in [6, 6.07) is 19.2. The van der Waals surface area contributed by atoms with E-state index in [1.54, 1.807) is 51.3 Å². The molecule has 0 fully saturated rings. The molecule has 5 rings (SSSR count). The Hall–Kier alpha value is -4.05. The van der Waals surface area contributed by atoms with Crippen molar-refractivity contribution in [3.63, 3.8) is 0 Å². The van der Waals surface area contributed by atoms with Gasteiger partial charge in [-0.3, -0.25) is 9.36 Å². The van der Waals surface area contributed by atoms with Crippen molar-refractivity contribution in [1.82, 2.24) is 4.57 Å². The number of thiazole rings is 1. The predicted octanol–water partition coefficient (Wildman–Crippen LogP) is 5.57. The number of carbonyl (C=O) groups excluding carboxylic acids is 1. The molecule has 1 aromatic heterocycles. The van der Waals surface area contributed by atoms with E-state index >= 15 is 0 Å². The zero-order valence-electron chi connectivity index (χ0n) is 23.6. The van der Waals surface area contributed by atoms with Crippen LogP contribution in [0.4, 0.5) is 0 Å². The number of hydrogen-bond donors (Lipinski definition) is 0. The molecule has 0 bridgehead atoms. The van der Waals surface area contributed by atoms with Crippen molar-refractivity contribution in [2.45, 2.75) is 19.9 Å². The number of esters is 1. The van der Waals surface area contributed by atoms with E-state index in [2.05, 4.69) is 4.99 Å². The molecule has 1 atom stereocenters. The standard InChI is InChI=1S/C32H28Cl2N2O6S/c1-4-40-31(38)27-19(2)35-32-36(28(27)20-10-6-5-7-11-20)30(37)26(43-32)17-21-16-22(33)18-23(34)29(21)42-15-14-41-25-13-9-8-12-24(25)39-3/h5-13,16-18,28H,4,14-15H2,1-3H3/b26-17+/t28-/m1/s1. The van der Waals surface area contributed by atoms with E-state index in [-0.39, 0.29) is 30.4 Å². The van der Waals surface area contributed by atoms with Gasteiger partial charge < -0.3 is 18.9 Å². The summed E-state index contributed by atoms with van der Waals surface area (Å²) < 4.78 is 24.4. The van der Waals surface area contributed by atoms with Crippen LogP contribution in [-0.2, 0) is 9.53 Å². The first-order valence-corrected chi connectivity index (χ1v) is 15.0. The molecule has 1 aliphatic heterocycles. The fourth-order valence-electron chi connectivity index (χ4n) is 4.76. The van der Waals surface area contributed by atoms with Crippen molar-refractivity contribution >= 4 is 46.6 Å². The summed E-state index contributed by atoms with van der Waals surface area (Å²) in [4.78, 5) is 32.1. The molecular weight excluding hydrogens is 611 g/mol. The largest absolute Gasteiger partial charge is 0.493 e. The van der Waals surface area contributed by atoms with Crippen LogP contribution < -0.4 is 29.1 Å². The summed E-state index contributed by atoms with van der Waals surface area (Å²) in [6.07, 6.45) is 1.67. The van der Waals surface area contributed by atoms with Crippen LogP contribution in [0.15, 0.2) is 87.8 Å². The molecule has 0 radical (unpaired) electrons. The van der Waals surface area contributed by atoms with Crippen LogP contribution in [0.3, 0.4) is 0 Å². The average Bonchev–Trinajstić information content (AvgIpc) is 3.30. The molecular formula is C32H28Cl2N2O6S. The Labute approximate surface area is 262 Å². The highest BCUT2D eigenvalue weighted by Gasteiger charge is 2.33. The Morgan fingerprint density at radius 1 is 1.02 bits per heavy atom. The van der Waals surface area contributed by atoms with Gasteiger partial charge >= 0.3 is 5.97 Å². The maximum atomic E-state index is 14.0. The molecule has 0 amide bonds. The molecule has 11 heteroatoms. The summed E-state index contributed by atoms with van der Waals surface area (Å²) in [7, 11) is 1.57. The van der Waals surface area contributed by atoms with E-state index < -0.39 is 12.0 Å². The van der Waals surface area contributed by atoms with Gasteiger partial charge in [-0.2, -0.15) is 0 Å². The molecule has 0 spiro atoms. The zero-order chi connectivity index (χ0) is 30.5. The molecule has 0 unspecified atom stereocenters. The minimum atomic E-state index is -0.704. The SMILES string of the molecule is CCOC(=O)C1=C(C)N=c2s/c(=C/c3cc(Cl)cc(Cl)c3OCCOc3ccccc3OC)c(=O)n2[C@@H]1c1ccccc1. The number of methoxy groups -OCH3 is 1. The van der Waals surface area contributed by atoms with Crippen molar-refractivity contribution in [3.05, 3.63) is 119 Å². The maximum Gasteiger partial charge on any atom is 0.338 e. The number of ether oxygens (including phenoxy) is 4. The molecule has 3 aromatic carbocycles. The molecule has 8 nitrogen and oxygen atoms in total. The first kappa shape index (κ1) is 30.4. The van der Waals surface area contributed by atoms with Gasteiger partial charge in [0.05, 0.1) is 40.6 Å². The Kier molecular flexibility index (Phi) is 9.55. The molecule has 4 aromatic rings. The number of fused-ring (bicyclic) bond motifs is 1. The van der Waals surface area contributed by atoms with Gasteiger partial charge in [-0.15, -0.1) is 0 Å². The number of hydrogen-bond acceptors (Lipinski definition) is 8. The number of para-hydroxylation sites is 2. The van der Waals surface area contributed by atoms with Gasteiger partial charge in [0.1, 0.15) is 19.0 Å². The second kappa shape index (κ2) is 13.5. The minimum absolute atomic E-state index is 0.164. The number of rotatable bonds is 10. The highest BCUT2D eigenvalue weighted by Crippen LogP contribution is 2.34. The van der Waals surface area contributed by atoms with Crippen LogP contribution in [0.1, 0.15) is 31.0 Å². The molecule has 0 saturated carbocycles. The highest BCUT2D eigenvalue weighted by atomic mass is 35.5. The van der Waals surface area contributed by atoms with Gasteiger partial charge in [-0.25, -0.2) is 9.79 Å². The summed E-state index contributed by atoms with van der Waals surface area (Å²) in [5.74, 6) is 1.03. The lowest BCUT2D eigenvalue weighted by molar-refractivity contribution is -0.139. The molecule has 0 aliphatic carbocycles. The van der Waals surface area contributed by atoms with Crippen LogP contribution in [0.5, 0.6) is 17.2 Å². The van der Waals surface area contributed by atoms with E-state index in [4.69, 9.17) is 42.1 Å². The van der Waals surface area contributed by atoms with Gasteiger partial charge in [0.15, 0.2) is 16.3 Å². The van der Waals surface area contributed by atoms with Crippen LogP contribution in [-0.4, -0.2) is 37.5 Å². The third kappa shape index (κ3) is 6.49. The quantitative estimate of drug-likeness (QED) is 0.167. The topological polar surface area (TPSA) is 88.4 Å². The lowest BCUT2D eigenvalue weighted by Gasteiger charge is -2.24. The average molecular weight is 640 g/mol. The van der Waals surface area contributed by atoms with E-state index in [1.165, 1.54) is 15.9 Å². The first-order chi connectivity index (χ1) is 20.8. The molecule has 2 heterocycles. The third-order valence-corrected chi connectivity index (χ3v) is 8.09. The van der Waals surface area contributed by atoms with E-state index in [1.807, 2.05) is 42.5 Å². The smallest absolute Gasteiger partial charge is 0.338 e. The molecule has 0 N–H and O–H groups in total.